The summed E-state index contributed by atoms with van der Waals surface area (Å²) >= 11 is 0. The SMILES string of the molecule is CC(C)[C@H](NC(=O)C(C)(C)C)C(=O)N[C@@H](C)C(=O)Nc1ccc(COC(=O)N(CCN(C)C)CC(C)(C)C)cc1. The highest BCUT2D eigenvalue weighted by atomic mass is 16.6. The van der Waals surface area contributed by atoms with E-state index in [9.17, 15) is 19.2 Å². The van der Waals surface area contributed by atoms with Gasteiger partial charge in [0.2, 0.25) is 17.7 Å². The van der Waals surface area contributed by atoms with E-state index in [0.717, 1.165) is 12.1 Å². The van der Waals surface area contributed by atoms with Crippen molar-refractivity contribution in [3.05, 3.63) is 29.8 Å². The Kier molecular flexibility index (Phi) is 13.1. The Morgan fingerprint density at radius 3 is 1.90 bits per heavy atom. The zero-order chi connectivity index (χ0) is 30.8. The first-order valence-electron chi connectivity index (χ1n) is 13.9. The minimum atomic E-state index is -0.822. The van der Waals surface area contributed by atoms with Gasteiger partial charge in [0.25, 0.3) is 0 Å². The summed E-state index contributed by atoms with van der Waals surface area (Å²) in [7, 11) is 3.93. The molecule has 0 aliphatic carbocycles. The van der Waals surface area contributed by atoms with Crippen molar-refractivity contribution in [2.75, 3.05) is 39.0 Å². The lowest BCUT2D eigenvalue weighted by Gasteiger charge is -2.30. The molecule has 0 saturated carbocycles. The molecule has 10 nitrogen and oxygen atoms in total. The summed E-state index contributed by atoms with van der Waals surface area (Å²) in [4.78, 5) is 54.5. The number of hydrogen-bond acceptors (Lipinski definition) is 6. The van der Waals surface area contributed by atoms with Crippen LogP contribution in [-0.4, -0.2) is 79.4 Å². The number of anilines is 1. The number of benzene rings is 1. The molecule has 0 spiro atoms. The van der Waals surface area contributed by atoms with Crippen LogP contribution in [0.25, 0.3) is 0 Å². The van der Waals surface area contributed by atoms with Gasteiger partial charge < -0.3 is 30.5 Å². The Labute approximate surface area is 240 Å². The molecule has 1 rings (SSSR count). The molecule has 1 aromatic rings. The van der Waals surface area contributed by atoms with Gasteiger partial charge in [-0.3, -0.25) is 14.4 Å². The smallest absolute Gasteiger partial charge is 0.410 e. The van der Waals surface area contributed by atoms with E-state index in [1.54, 1.807) is 56.9 Å². The quantitative estimate of drug-likeness (QED) is 0.357. The first kappa shape index (κ1) is 34.9. The predicted molar refractivity (Wildman–Crippen MR) is 159 cm³/mol. The van der Waals surface area contributed by atoms with Gasteiger partial charge in [0.1, 0.15) is 18.7 Å². The summed E-state index contributed by atoms with van der Waals surface area (Å²) in [6.45, 7) is 18.8. The monoisotopic (exact) mass is 561 g/mol. The molecule has 1 aromatic carbocycles. The maximum Gasteiger partial charge on any atom is 0.410 e. The zero-order valence-corrected chi connectivity index (χ0v) is 26.3. The maximum absolute atomic E-state index is 12.8. The number of nitrogens with one attached hydrogen (secondary N) is 3. The predicted octanol–water partition coefficient (Wildman–Crippen LogP) is 3.86. The second-order valence-electron chi connectivity index (χ2n) is 13.2. The van der Waals surface area contributed by atoms with Crippen LogP contribution in [0.1, 0.15) is 67.9 Å². The number of likely N-dealkylation sites (N-methyl/N-ethyl adjacent to an activating group) is 1. The highest BCUT2D eigenvalue weighted by Crippen LogP contribution is 2.17. The molecule has 40 heavy (non-hydrogen) atoms. The van der Waals surface area contributed by atoms with Crippen molar-refractivity contribution in [2.45, 2.75) is 81.0 Å². The highest BCUT2D eigenvalue weighted by molar-refractivity contribution is 5.98. The second-order valence-corrected chi connectivity index (χ2v) is 13.2. The fourth-order valence-corrected chi connectivity index (χ4v) is 3.56. The number of carbonyl (C=O) groups excluding carboxylic acids is 4. The van der Waals surface area contributed by atoms with Gasteiger partial charge in [0.05, 0.1) is 0 Å². The van der Waals surface area contributed by atoms with Gasteiger partial charge >= 0.3 is 6.09 Å². The van der Waals surface area contributed by atoms with E-state index in [1.165, 1.54) is 0 Å². The molecular weight excluding hydrogens is 510 g/mol. The average molecular weight is 562 g/mol. The van der Waals surface area contributed by atoms with Crippen molar-refractivity contribution >= 4 is 29.5 Å². The van der Waals surface area contributed by atoms with Crippen LogP contribution in [0.5, 0.6) is 0 Å². The van der Waals surface area contributed by atoms with Crippen molar-refractivity contribution < 1.29 is 23.9 Å². The van der Waals surface area contributed by atoms with Crippen LogP contribution in [0.3, 0.4) is 0 Å². The molecule has 0 heterocycles. The Morgan fingerprint density at radius 2 is 1.43 bits per heavy atom. The van der Waals surface area contributed by atoms with Crippen LogP contribution in [0.2, 0.25) is 0 Å². The molecule has 4 amide bonds. The second kappa shape index (κ2) is 15.0. The van der Waals surface area contributed by atoms with Gasteiger partial charge in [-0.1, -0.05) is 67.5 Å². The molecule has 0 saturated heterocycles. The first-order chi connectivity index (χ1) is 18.3. The van der Waals surface area contributed by atoms with E-state index < -0.39 is 29.3 Å². The number of amides is 4. The van der Waals surface area contributed by atoms with Crippen LogP contribution in [0, 0.1) is 16.7 Å². The molecule has 10 heteroatoms. The van der Waals surface area contributed by atoms with Crippen LogP contribution in [0.15, 0.2) is 24.3 Å². The van der Waals surface area contributed by atoms with Gasteiger partial charge in [-0.05, 0) is 50.0 Å². The van der Waals surface area contributed by atoms with E-state index in [4.69, 9.17) is 4.74 Å². The number of ether oxygens (including phenoxy) is 1. The first-order valence-corrected chi connectivity index (χ1v) is 13.9. The van der Waals surface area contributed by atoms with Gasteiger partial charge in [-0.15, -0.1) is 0 Å². The standard InChI is InChI=1S/C30H51N5O5/c1-20(2)24(33-27(38)30(7,8)9)26(37)31-21(3)25(36)32-23-14-12-22(13-15-23)18-40-28(39)35(17-16-34(10)11)19-29(4,5)6/h12-15,20-21,24H,16-19H2,1-11H3,(H,31,37)(H,32,36)(H,33,38)/t21-,24-/m0/s1. The fraction of sp³-hybridized carbons (Fsp3) is 0.667. The largest absolute Gasteiger partial charge is 0.445 e. The molecule has 2 atom stereocenters. The minimum absolute atomic E-state index is 0.0577. The number of carbonyl (C=O) groups is 4. The highest BCUT2D eigenvalue weighted by Gasteiger charge is 2.31. The lowest BCUT2D eigenvalue weighted by molar-refractivity contribution is -0.135. The molecule has 0 aliphatic heterocycles. The van der Waals surface area contributed by atoms with Gasteiger partial charge in [0, 0.05) is 30.7 Å². The number of hydrogen-bond donors (Lipinski definition) is 3. The summed E-state index contributed by atoms with van der Waals surface area (Å²) in [5, 5.41) is 8.26. The Hall–Kier alpha value is -3.14. The fourth-order valence-electron chi connectivity index (χ4n) is 3.56. The Bertz CT molecular complexity index is 993. The van der Waals surface area contributed by atoms with Crippen LogP contribution in [0.4, 0.5) is 10.5 Å². The topological polar surface area (TPSA) is 120 Å². The molecule has 0 unspecified atom stereocenters. The number of rotatable bonds is 12. The zero-order valence-electron chi connectivity index (χ0n) is 26.3. The van der Waals surface area contributed by atoms with Crippen molar-refractivity contribution in [3.8, 4) is 0 Å². The lowest BCUT2D eigenvalue weighted by atomic mass is 9.93. The summed E-state index contributed by atoms with van der Waals surface area (Å²) in [6, 6.07) is 5.40. The lowest BCUT2D eigenvalue weighted by Crippen LogP contribution is -2.55. The third kappa shape index (κ3) is 12.8. The van der Waals surface area contributed by atoms with E-state index in [2.05, 4.69) is 36.7 Å². The maximum atomic E-state index is 12.8. The van der Waals surface area contributed by atoms with E-state index in [1.807, 2.05) is 32.8 Å². The normalized spacial score (nSPS) is 13.4. The van der Waals surface area contributed by atoms with Crippen LogP contribution < -0.4 is 16.0 Å². The summed E-state index contributed by atoms with van der Waals surface area (Å²) in [6.07, 6.45) is -0.364. The van der Waals surface area contributed by atoms with Crippen molar-refractivity contribution in [3.63, 3.8) is 0 Å². The summed E-state index contributed by atoms with van der Waals surface area (Å²) < 4.78 is 5.57. The molecular formula is C30H51N5O5. The van der Waals surface area contributed by atoms with Crippen molar-refractivity contribution in [2.24, 2.45) is 16.7 Å². The molecule has 0 aliphatic rings. The van der Waals surface area contributed by atoms with Crippen molar-refractivity contribution in [1.29, 1.82) is 0 Å². The van der Waals surface area contributed by atoms with E-state index >= 15 is 0 Å². The van der Waals surface area contributed by atoms with Crippen LogP contribution in [-0.2, 0) is 25.7 Å². The molecule has 3 N–H and O–H groups in total. The van der Waals surface area contributed by atoms with E-state index in [-0.39, 0.29) is 29.9 Å². The summed E-state index contributed by atoms with van der Waals surface area (Å²) in [5.41, 5.74) is 0.629. The molecule has 0 radical (unpaired) electrons. The molecule has 0 aromatic heterocycles. The average Bonchev–Trinajstić information content (AvgIpc) is 2.82. The third-order valence-electron chi connectivity index (χ3n) is 5.99. The van der Waals surface area contributed by atoms with Gasteiger partial charge in [-0.25, -0.2) is 4.79 Å². The number of nitrogens with zero attached hydrogens (tertiary/aromatic N) is 2. The van der Waals surface area contributed by atoms with Gasteiger partial charge in [0.15, 0.2) is 0 Å². The van der Waals surface area contributed by atoms with E-state index in [0.29, 0.717) is 18.8 Å². The third-order valence-corrected chi connectivity index (χ3v) is 5.99. The minimum Gasteiger partial charge on any atom is -0.445 e. The molecule has 226 valence electrons. The molecule has 0 bridgehead atoms. The molecule has 0 fully saturated rings. The summed E-state index contributed by atoms with van der Waals surface area (Å²) in [5.74, 6) is -1.20. The Balaban J connectivity index is 2.70. The van der Waals surface area contributed by atoms with Crippen LogP contribution >= 0.6 is 0 Å². The van der Waals surface area contributed by atoms with Crippen molar-refractivity contribution in [1.82, 2.24) is 20.4 Å². The van der Waals surface area contributed by atoms with Gasteiger partial charge in [-0.2, -0.15) is 0 Å². The Morgan fingerprint density at radius 1 is 0.850 bits per heavy atom.